The molecular formula is C19H29N. The van der Waals surface area contributed by atoms with Crippen LogP contribution in [0.3, 0.4) is 0 Å². The van der Waals surface area contributed by atoms with Gasteiger partial charge in [0.2, 0.25) is 0 Å². The molecule has 0 saturated heterocycles. The van der Waals surface area contributed by atoms with Gasteiger partial charge in [0.15, 0.2) is 0 Å². The maximum Gasteiger partial charge on any atom is 0.0208 e. The van der Waals surface area contributed by atoms with E-state index in [1.807, 2.05) is 0 Å². The maximum absolute atomic E-state index is 3.73. The van der Waals surface area contributed by atoms with Crippen molar-refractivity contribution in [3.63, 3.8) is 0 Å². The third-order valence-corrected chi connectivity index (χ3v) is 4.37. The van der Waals surface area contributed by atoms with Crippen molar-refractivity contribution in [3.05, 3.63) is 47.5 Å². The summed E-state index contributed by atoms with van der Waals surface area (Å²) in [6.07, 6.45) is 10.6. The molecule has 0 radical (unpaired) electrons. The summed E-state index contributed by atoms with van der Waals surface area (Å²) in [5.41, 5.74) is 3.08. The Balaban J connectivity index is 1.84. The first-order valence-corrected chi connectivity index (χ1v) is 8.21. The van der Waals surface area contributed by atoms with Crippen LogP contribution in [0.2, 0.25) is 0 Å². The standard InChI is InChI=1S/C19H29N/c1-16(2)19(14-13-17-9-5-3-6-10-17)20-15-18-11-7-4-8-12-18/h4,7-8,11-13,16,19-20H,3,5-6,9-10,14-15H2,1-2H3. The highest BCUT2D eigenvalue weighted by atomic mass is 14.9. The molecule has 2 rings (SSSR count). The molecule has 0 spiro atoms. The van der Waals surface area contributed by atoms with E-state index in [-0.39, 0.29) is 0 Å². The molecule has 0 aliphatic heterocycles. The molecule has 1 aromatic rings. The predicted molar refractivity (Wildman–Crippen MR) is 87.7 cm³/mol. The van der Waals surface area contributed by atoms with Gasteiger partial charge in [0, 0.05) is 12.6 Å². The van der Waals surface area contributed by atoms with E-state index in [4.69, 9.17) is 0 Å². The van der Waals surface area contributed by atoms with Crippen LogP contribution in [-0.2, 0) is 6.54 Å². The van der Waals surface area contributed by atoms with Crippen molar-refractivity contribution in [3.8, 4) is 0 Å². The Morgan fingerprint density at radius 2 is 1.75 bits per heavy atom. The topological polar surface area (TPSA) is 12.0 Å². The van der Waals surface area contributed by atoms with Crippen molar-refractivity contribution < 1.29 is 0 Å². The van der Waals surface area contributed by atoms with Crippen LogP contribution >= 0.6 is 0 Å². The lowest BCUT2D eigenvalue weighted by Gasteiger charge is -2.22. The number of allylic oxidation sites excluding steroid dienone is 1. The summed E-state index contributed by atoms with van der Waals surface area (Å²) < 4.78 is 0. The molecule has 1 atom stereocenters. The molecule has 1 unspecified atom stereocenters. The highest BCUT2D eigenvalue weighted by molar-refractivity contribution is 5.14. The molecule has 1 aliphatic carbocycles. The van der Waals surface area contributed by atoms with Gasteiger partial charge >= 0.3 is 0 Å². The minimum atomic E-state index is 0.588. The first-order valence-electron chi connectivity index (χ1n) is 8.21. The molecule has 1 N–H and O–H groups in total. The van der Waals surface area contributed by atoms with E-state index >= 15 is 0 Å². The SMILES string of the molecule is CC(C)C(CC=C1CCCCC1)NCc1ccccc1. The van der Waals surface area contributed by atoms with Gasteiger partial charge in [-0.2, -0.15) is 0 Å². The lowest BCUT2D eigenvalue weighted by Crippen LogP contribution is -2.33. The Morgan fingerprint density at radius 3 is 2.40 bits per heavy atom. The Kier molecular flexibility index (Phi) is 6.32. The molecule has 1 saturated carbocycles. The van der Waals surface area contributed by atoms with Crippen LogP contribution < -0.4 is 5.32 Å². The molecule has 0 amide bonds. The molecule has 1 aromatic carbocycles. The average Bonchev–Trinajstić information content (AvgIpc) is 2.49. The minimum Gasteiger partial charge on any atom is -0.309 e. The fraction of sp³-hybridized carbons (Fsp3) is 0.579. The zero-order valence-corrected chi connectivity index (χ0v) is 13.1. The van der Waals surface area contributed by atoms with Gasteiger partial charge in [-0.1, -0.05) is 62.2 Å². The normalized spacial score (nSPS) is 17.2. The summed E-state index contributed by atoms with van der Waals surface area (Å²) >= 11 is 0. The van der Waals surface area contributed by atoms with Gasteiger partial charge in [0.05, 0.1) is 0 Å². The van der Waals surface area contributed by atoms with Gasteiger partial charge in [-0.25, -0.2) is 0 Å². The summed E-state index contributed by atoms with van der Waals surface area (Å²) in [5, 5.41) is 3.73. The van der Waals surface area contributed by atoms with Crippen LogP contribution in [-0.4, -0.2) is 6.04 Å². The monoisotopic (exact) mass is 271 g/mol. The van der Waals surface area contributed by atoms with Gasteiger partial charge in [0.1, 0.15) is 0 Å². The molecule has 1 aliphatic rings. The Hall–Kier alpha value is -1.08. The second-order valence-electron chi connectivity index (χ2n) is 6.38. The van der Waals surface area contributed by atoms with Gasteiger partial charge < -0.3 is 5.32 Å². The van der Waals surface area contributed by atoms with E-state index in [0.717, 1.165) is 6.54 Å². The van der Waals surface area contributed by atoms with E-state index < -0.39 is 0 Å². The number of nitrogens with one attached hydrogen (secondary N) is 1. The third kappa shape index (κ3) is 5.13. The zero-order valence-electron chi connectivity index (χ0n) is 13.1. The molecule has 0 bridgehead atoms. The number of hydrogen-bond donors (Lipinski definition) is 1. The predicted octanol–water partition coefficient (Wildman–Crippen LogP) is 5.08. The fourth-order valence-corrected chi connectivity index (χ4v) is 2.94. The molecule has 1 nitrogen and oxygen atoms in total. The number of benzene rings is 1. The molecule has 0 heterocycles. The van der Waals surface area contributed by atoms with Crippen molar-refractivity contribution in [2.45, 2.75) is 65.0 Å². The van der Waals surface area contributed by atoms with Crippen molar-refractivity contribution in [2.75, 3.05) is 0 Å². The summed E-state index contributed by atoms with van der Waals surface area (Å²) in [7, 11) is 0. The molecule has 110 valence electrons. The van der Waals surface area contributed by atoms with Crippen molar-refractivity contribution in [1.29, 1.82) is 0 Å². The first-order chi connectivity index (χ1) is 9.75. The van der Waals surface area contributed by atoms with E-state index in [9.17, 15) is 0 Å². The van der Waals surface area contributed by atoms with E-state index in [0.29, 0.717) is 12.0 Å². The lowest BCUT2D eigenvalue weighted by molar-refractivity contribution is 0.398. The molecular weight excluding hydrogens is 242 g/mol. The molecule has 20 heavy (non-hydrogen) atoms. The highest BCUT2D eigenvalue weighted by Gasteiger charge is 2.12. The van der Waals surface area contributed by atoms with Crippen molar-refractivity contribution in [1.82, 2.24) is 5.32 Å². The Morgan fingerprint density at radius 1 is 1.05 bits per heavy atom. The van der Waals surface area contributed by atoms with E-state index in [1.165, 1.54) is 44.1 Å². The third-order valence-electron chi connectivity index (χ3n) is 4.37. The highest BCUT2D eigenvalue weighted by Crippen LogP contribution is 2.24. The quantitative estimate of drug-likeness (QED) is 0.711. The Labute approximate surface area is 124 Å². The van der Waals surface area contributed by atoms with Gasteiger partial charge in [0.25, 0.3) is 0 Å². The van der Waals surface area contributed by atoms with Gasteiger partial charge in [-0.3, -0.25) is 0 Å². The first kappa shape index (κ1) is 15.3. The molecule has 1 fully saturated rings. The largest absolute Gasteiger partial charge is 0.309 e. The maximum atomic E-state index is 3.73. The summed E-state index contributed by atoms with van der Waals surface area (Å²) in [6, 6.07) is 11.3. The van der Waals surface area contributed by atoms with Crippen molar-refractivity contribution in [2.24, 2.45) is 5.92 Å². The van der Waals surface area contributed by atoms with Crippen LogP contribution in [0.5, 0.6) is 0 Å². The second kappa shape index (κ2) is 8.26. The van der Waals surface area contributed by atoms with Crippen LogP contribution in [0.15, 0.2) is 42.0 Å². The lowest BCUT2D eigenvalue weighted by atomic mass is 9.92. The van der Waals surface area contributed by atoms with Crippen molar-refractivity contribution >= 4 is 0 Å². The van der Waals surface area contributed by atoms with Crippen LogP contribution in [0, 0.1) is 5.92 Å². The smallest absolute Gasteiger partial charge is 0.0208 e. The van der Waals surface area contributed by atoms with Crippen LogP contribution in [0.1, 0.15) is 57.9 Å². The van der Waals surface area contributed by atoms with Gasteiger partial charge in [-0.15, -0.1) is 0 Å². The summed E-state index contributed by atoms with van der Waals surface area (Å²) in [6.45, 7) is 5.62. The fourth-order valence-electron chi connectivity index (χ4n) is 2.94. The second-order valence-corrected chi connectivity index (χ2v) is 6.38. The summed E-state index contributed by atoms with van der Waals surface area (Å²) in [5.74, 6) is 0.680. The number of rotatable bonds is 6. The van der Waals surface area contributed by atoms with Crippen LogP contribution in [0.4, 0.5) is 0 Å². The van der Waals surface area contributed by atoms with E-state index in [1.54, 1.807) is 5.57 Å². The molecule has 1 heteroatoms. The number of hydrogen-bond acceptors (Lipinski definition) is 1. The van der Waals surface area contributed by atoms with Gasteiger partial charge in [-0.05, 0) is 43.6 Å². The zero-order chi connectivity index (χ0) is 14.2. The summed E-state index contributed by atoms with van der Waals surface area (Å²) in [4.78, 5) is 0. The Bertz CT molecular complexity index is 397. The van der Waals surface area contributed by atoms with E-state index in [2.05, 4.69) is 55.6 Å². The minimum absolute atomic E-state index is 0.588. The molecule has 0 aromatic heterocycles. The average molecular weight is 271 g/mol. The van der Waals surface area contributed by atoms with Crippen LogP contribution in [0.25, 0.3) is 0 Å².